The Morgan fingerprint density at radius 2 is 1.89 bits per heavy atom. The van der Waals surface area contributed by atoms with Gasteiger partial charge in [0.2, 0.25) is 5.91 Å². The lowest BCUT2D eigenvalue weighted by Gasteiger charge is -2.20. The zero-order valence-corrected chi connectivity index (χ0v) is 16.0. The Balaban J connectivity index is 1.58. The zero-order valence-electron chi connectivity index (χ0n) is 16.0. The molecule has 7 nitrogen and oxygen atoms in total. The minimum atomic E-state index is -0.147. The standard InChI is InChI=1S/C21H21N3O4/c1-13-4-6-14(7-5-13)21-22-20(23-28-21)15-10-19(25)24(12-15)17-11-16(26-2)8-9-18(17)27-3/h4-9,11,15H,10,12H2,1-3H3. The number of ether oxygens (including phenoxy) is 2. The van der Waals surface area contributed by atoms with Crippen LogP contribution in [0.25, 0.3) is 11.5 Å². The molecule has 2 heterocycles. The van der Waals surface area contributed by atoms with E-state index in [4.69, 9.17) is 14.0 Å². The van der Waals surface area contributed by atoms with Crippen molar-refractivity contribution in [3.05, 3.63) is 53.9 Å². The highest BCUT2D eigenvalue weighted by atomic mass is 16.5. The molecule has 7 heteroatoms. The van der Waals surface area contributed by atoms with Gasteiger partial charge in [-0.05, 0) is 31.2 Å². The summed E-state index contributed by atoms with van der Waals surface area (Å²) in [4.78, 5) is 18.9. The summed E-state index contributed by atoms with van der Waals surface area (Å²) in [5.41, 5.74) is 2.70. The molecule has 0 spiro atoms. The molecular weight excluding hydrogens is 358 g/mol. The maximum atomic E-state index is 12.7. The van der Waals surface area contributed by atoms with Crippen molar-refractivity contribution in [3.63, 3.8) is 0 Å². The minimum absolute atomic E-state index is 0.0155. The van der Waals surface area contributed by atoms with Gasteiger partial charge in [-0.2, -0.15) is 4.98 Å². The molecule has 0 aliphatic carbocycles. The molecular formula is C21H21N3O4. The Morgan fingerprint density at radius 3 is 2.61 bits per heavy atom. The number of aryl methyl sites for hydroxylation is 1. The second-order valence-electron chi connectivity index (χ2n) is 6.77. The van der Waals surface area contributed by atoms with Gasteiger partial charge in [-0.15, -0.1) is 0 Å². The molecule has 4 rings (SSSR count). The van der Waals surface area contributed by atoms with E-state index in [0.717, 1.165) is 11.1 Å². The first-order valence-electron chi connectivity index (χ1n) is 9.02. The molecule has 1 aliphatic heterocycles. The molecule has 28 heavy (non-hydrogen) atoms. The number of carbonyl (C=O) groups excluding carboxylic acids is 1. The molecule has 0 N–H and O–H groups in total. The second kappa shape index (κ2) is 7.34. The van der Waals surface area contributed by atoms with Crippen molar-refractivity contribution >= 4 is 11.6 Å². The van der Waals surface area contributed by atoms with E-state index in [-0.39, 0.29) is 11.8 Å². The Morgan fingerprint density at radius 1 is 1.11 bits per heavy atom. The minimum Gasteiger partial charge on any atom is -0.497 e. The molecule has 1 atom stereocenters. The fourth-order valence-electron chi connectivity index (χ4n) is 3.34. The van der Waals surface area contributed by atoms with Gasteiger partial charge < -0.3 is 18.9 Å². The lowest BCUT2D eigenvalue weighted by atomic mass is 10.1. The molecule has 1 amide bonds. The van der Waals surface area contributed by atoms with Crippen LogP contribution >= 0.6 is 0 Å². The Kier molecular flexibility index (Phi) is 4.73. The molecule has 0 saturated carbocycles. The fourth-order valence-corrected chi connectivity index (χ4v) is 3.34. The van der Waals surface area contributed by atoms with Gasteiger partial charge in [0.15, 0.2) is 5.82 Å². The highest BCUT2D eigenvalue weighted by molar-refractivity contribution is 5.98. The summed E-state index contributed by atoms with van der Waals surface area (Å²) in [6.45, 7) is 2.48. The molecule has 0 bridgehead atoms. The largest absolute Gasteiger partial charge is 0.497 e. The summed E-state index contributed by atoms with van der Waals surface area (Å²) in [6.07, 6.45) is 0.313. The predicted octanol–water partition coefficient (Wildman–Crippen LogP) is 3.58. The van der Waals surface area contributed by atoms with Gasteiger partial charge in [0, 0.05) is 30.5 Å². The van der Waals surface area contributed by atoms with Crippen LogP contribution in [0.5, 0.6) is 11.5 Å². The summed E-state index contributed by atoms with van der Waals surface area (Å²) >= 11 is 0. The number of carbonyl (C=O) groups is 1. The Hall–Kier alpha value is -3.35. The number of amides is 1. The van der Waals surface area contributed by atoms with Crippen LogP contribution in [0.15, 0.2) is 47.0 Å². The SMILES string of the molecule is COc1ccc(OC)c(N2CC(c3noc(-c4ccc(C)cc4)n3)CC2=O)c1. The fraction of sp³-hybridized carbons (Fsp3) is 0.286. The monoisotopic (exact) mass is 379 g/mol. The van der Waals surface area contributed by atoms with E-state index in [1.807, 2.05) is 31.2 Å². The van der Waals surface area contributed by atoms with Crippen molar-refractivity contribution in [1.29, 1.82) is 0 Å². The van der Waals surface area contributed by atoms with Gasteiger partial charge in [-0.25, -0.2) is 0 Å². The molecule has 1 fully saturated rings. The molecule has 2 aromatic carbocycles. The lowest BCUT2D eigenvalue weighted by molar-refractivity contribution is -0.117. The van der Waals surface area contributed by atoms with Crippen molar-refractivity contribution in [2.45, 2.75) is 19.3 Å². The van der Waals surface area contributed by atoms with Crippen molar-refractivity contribution < 1.29 is 18.8 Å². The topological polar surface area (TPSA) is 77.7 Å². The smallest absolute Gasteiger partial charge is 0.257 e. The maximum absolute atomic E-state index is 12.7. The molecule has 0 radical (unpaired) electrons. The highest BCUT2D eigenvalue weighted by Gasteiger charge is 2.36. The van der Waals surface area contributed by atoms with E-state index in [1.54, 1.807) is 37.3 Å². The van der Waals surface area contributed by atoms with E-state index in [0.29, 0.717) is 41.9 Å². The number of nitrogens with zero attached hydrogens (tertiary/aromatic N) is 3. The van der Waals surface area contributed by atoms with E-state index >= 15 is 0 Å². The van der Waals surface area contributed by atoms with E-state index in [1.165, 1.54) is 0 Å². The first-order chi connectivity index (χ1) is 13.6. The first kappa shape index (κ1) is 18.0. The molecule has 144 valence electrons. The van der Waals surface area contributed by atoms with Crippen LogP contribution in [0.1, 0.15) is 23.7 Å². The number of aromatic nitrogens is 2. The Labute approximate surface area is 162 Å². The van der Waals surface area contributed by atoms with Crippen LogP contribution in [0.2, 0.25) is 0 Å². The number of benzene rings is 2. The van der Waals surface area contributed by atoms with Crippen molar-refractivity contribution in [3.8, 4) is 23.0 Å². The summed E-state index contributed by atoms with van der Waals surface area (Å²) in [5.74, 6) is 2.11. The number of hydrogen-bond donors (Lipinski definition) is 0. The van der Waals surface area contributed by atoms with E-state index in [9.17, 15) is 4.79 Å². The van der Waals surface area contributed by atoms with Gasteiger partial charge in [0.25, 0.3) is 5.89 Å². The van der Waals surface area contributed by atoms with Crippen LogP contribution in [0, 0.1) is 6.92 Å². The molecule has 3 aromatic rings. The number of methoxy groups -OCH3 is 2. The maximum Gasteiger partial charge on any atom is 0.257 e. The third-order valence-corrected chi connectivity index (χ3v) is 4.91. The van der Waals surface area contributed by atoms with Crippen molar-refractivity contribution in [2.24, 2.45) is 0 Å². The molecule has 1 aromatic heterocycles. The number of hydrogen-bond acceptors (Lipinski definition) is 6. The summed E-state index contributed by atoms with van der Waals surface area (Å²) in [6, 6.07) is 13.3. The van der Waals surface area contributed by atoms with Crippen LogP contribution in [-0.4, -0.2) is 36.8 Å². The quantitative estimate of drug-likeness (QED) is 0.674. The summed E-state index contributed by atoms with van der Waals surface area (Å²) < 4.78 is 16.1. The lowest BCUT2D eigenvalue weighted by Crippen LogP contribution is -2.25. The van der Waals surface area contributed by atoms with Crippen LogP contribution < -0.4 is 14.4 Å². The highest BCUT2D eigenvalue weighted by Crippen LogP contribution is 2.38. The van der Waals surface area contributed by atoms with Gasteiger partial charge in [-0.1, -0.05) is 22.9 Å². The molecule has 1 saturated heterocycles. The van der Waals surface area contributed by atoms with Gasteiger partial charge >= 0.3 is 0 Å². The van der Waals surface area contributed by atoms with Crippen LogP contribution in [0.3, 0.4) is 0 Å². The van der Waals surface area contributed by atoms with Crippen LogP contribution in [-0.2, 0) is 4.79 Å². The first-order valence-corrected chi connectivity index (χ1v) is 9.02. The van der Waals surface area contributed by atoms with Crippen molar-refractivity contribution in [2.75, 3.05) is 25.7 Å². The second-order valence-corrected chi connectivity index (χ2v) is 6.77. The summed E-state index contributed by atoms with van der Waals surface area (Å²) in [7, 11) is 3.17. The normalized spacial score (nSPS) is 16.5. The number of rotatable bonds is 5. The van der Waals surface area contributed by atoms with Gasteiger partial charge in [0.05, 0.1) is 19.9 Å². The molecule has 1 aliphatic rings. The Bertz CT molecular complexity index is 997. The van der Waals surface area contributed by atoms with Gasteiger partial charge in [0.1, 0.15) is 11.5 Å². The average Bonchev–Trinajstić information content (AvgIpc) is 3.35. The van der Waals surface area contributed by atoms with Crippen molar-refractivity contribution in [1.82, 2.24) is 10.1 Å². The van der Waals surface area contributed by atoms with Crippen LogP contribution in [0.4, 0.5) is 5.69 Å². The van der Waals surface area contributed by atoms with E-state index < -0.39 is 0 Å². The predicted molar refractivity (Wildman–Crippen MR) is 104 cm³/mol. The van der Waals surface area contributed by atoms with Gasteiger partial charge in [-0.3, -0.25) is 4.79 Å². The van der Waals surface area contributed by atoms with E-state index in [2.05, 4.69) is 10.1 Å². The number of anilines is 1. The average molecular weight is 379 g/mol. The third kappa shape index (κ3) is 3.31. The zero-order chi connectivity index (χ0) is 19.7. The third-order valence-electron chi connectivity index (χ3n) is 4.91. The molecule has 1 unspecified atom stereocenters. The summed E-state index contributed by atoms with van der Waals surface area (Å²) in [5, 5.41) is 4.11.